The van der Waals surface area contributed by atoms with Gasteiger partial charge in [0.1, 0.15) is 0 Å². The number of rotatable bonds is 1. The maximum absolute atomic E-state index is 9.88. The third-order valence-corrected chi connectivity index (χ3v) is 0.439. The van der Waals surface area contributed by atoms with Crippen molar-refractivity contribution in [3.8, 4) is 11.8 Å². The van der Waals surface area contributed by atoms with Gasteiger partial charge in [0.25, 0.3) is 0 Å². The Balaban J connectivity index is 3.26. The van der Waals surface area contributed by atoms with Crippen molar-refractivity contribution in [1.29, 1.82) is 0 Å². The Bertz CT molecular complexity index is 118. The standard InChI is InChI=1S/C5H7NO/c1-2-3-4-5(6)7/h4H2,1H3,(H2,6,7). The molecule has 0 saturated heterocycles. The average Bonchev–Trinajstić information content (AvgIpc) is 1.61. The van der Waals surface area contributed by atoms with Crippen LogP contribution in [-0.4, -0.2) is 5.91 Å². The fourth-order valence-corrected chi connectivity index (χ4v) is 0.176. The second kappa shape index (κ2) is 3.23. The minimum atomic E-state index is -0.366. The van der Waals surface area contributed by atoms with E-state index in [0.29, 0.717) is 0 Å². The fraction of sp³-hybridized carbons (Fsp3) is 0.400. The van der Waals surface area contributed by atoms with Crippen LogP contribution in [-0.2, 0) is 4.79 Å². The first-order chi connectivity index (χ1) is 3.27. The summed E-state index contributed by atoms with van der Waals surface area (Å²) in [6, 6.07) is 0. The molecule has 2 nitrogen and oxygen atoms in total. The van der Waals surface area contributed by atoms with Gasteiger partial charge >= 0.3 is 0 Å². The van der Waals surface area contributed by atoms with Gasteiger partial charge in [0, 0.05) is 0 Å². The molecule has 7 heavy (non-hydrogen) atoms. The van der Waals surface area contributed by atoms with Crippen LogP contribution in [0.1, 0.15) is 13.3 Å². The van der Waals surface area contributed by atoms with E-state index in [2.05, 4.69) is 11.8 Å². The molecular weight excluding hydrogens is 90.1 g/mol. The highest BCUT2D eigenvalue weighted by atomic mass is 16.1. The van der Waals surface area contributed by atoms with Crippen LogP contribution in [0.4, 0.5) is 0 Å². The lowest BCUT2D eigenvalue weighted by atomic mass is 10.4. The highest BCUT2D eigenvalue weighted by Gasteiger charge is 1.82. The number of hydrogen-bond donors (Lipinski definition) is 1. The molecule has 0 atom stereocenters. The third-order valence-electron chi connectivity index (χ3n) is 0.439. The largest absolute Gasteiger partial charge is 0.369 e. The lowest BCUT2D eigenvalue weighted by Gasteiger charge is -1.75. The first kappa shape index (κ1) is 6.03. The van der Waals surface area contributed by atoms with Gasteiger partial charge in [-0.05, 0) is 6.92 Å². The Morgan fingerprint density at radius 2 is 2.43 bits per heavy atom. The average molecular weight is 97.1 g/mol. The van der Waals surface area contributed by atoms with E-state index in [4.69, 9.17) is 5.73 Å². The van der Waals surface area contributed by atoms with E-state index in [9.17, 15) is 4.79 Å². The van der Waals surface area contributed by atoms with Gasteiger partial charge in [-0.25, -0.2) is 0 Å². The number of carbonyl (C=O) groups excluding carboxylic acids is 1. The molecule has 0 fully saturated rings. The summed E-state index contributed by atoms with van der Waals surface area (Å²) in [6.07, 6.45) is 0.177. The summed E-state index contributed by atoms with van der Waals surface area (Å²) in [5, 5.41) is 0. The predicted octanol–water partition coefficient (Wildman–Crippen LogP) is -0.115. The maximum atomic E-state index is 9.88. The molecule has 0 spiro atoms. The van der Waals surface area contributed by atoms with Gasteiger partial charge in [-0.1, -0.05) is 5.92 Å². The molecule has 0 radical (unpaired) electrons. The van der Waals surface area contributed by atoms with Crippen molar-refractivity contribution >= 4 is 5.91 Å². The third kappa shape index (κ3) is 5.03. The lowest BCUT2D eigenvalue weighted by molar-refractivity contribution is -0.117. The molecule has 0 unspecified atom stereocenters. The summed E-state index contributed by atoms with van der Waals surface area (Å²) in [5.41, 5.74) is 4.74. The van der Waals surface area contributed by atoms with Crippen LogP contribution in [0.2, 0.25) is 0 Å². The zero-order valence-corrected chi connectivity index (χ0v) is 4.19. The van der Waals surface area contributed by atoms with E-state index >= 15 is 0 Å². The second-order valence-corrected chi connectivity index (χ2v) is 1.07. The Kier molecular flexibility index (Phi) is 2.78. The molecular formula is C5H7NO. The van der Waals surface area contributed by atoms with Crippen molar-refractivity contribution in [2.45, 2.75) is 13.3 Å². The highest BCUT2D eigenvalue weighted by Crippen LogP contribution is 1.67. The van der Waals surface area contributed by atoms with E-state index in [1.165, 1.54) is 0 Å². The summed E-state index contributed by atoms with van der Waals surface area (Å²) < 4.78 is 0. The molecule has 0 aromatic rings. The number of nitrogens with two attached hydrogens (primary N) is 1. The highest BCUT2D eigenvalue weighted by molar-refractivity contribution is 5.76. The fourth-order valence-electron chi connectivity index (χ4n) is 0.176. The van der Waals surface area contributed by atoms with Gasteiger partial charge in [0.2, 0.25) is 5.91 Å². The van der Waals surface area contributed by atoms with Crippen molar-refractivity contribution in [3.63, 3.8) is 0 Å². The normalized spacial score (nSPS) is 6.43. The molecule has 0 aliphatic rings. The molecule has 0 saturated carbocycles. The molecule has 2 N–H and O–H groups in total. The van der Waals surface area contributed by atoms with Crippen molar-refractivity contribution < 1.29 is 4.79 Å². The molecule has 0 rings (SSSR count). The second-order valence-electron chi connectivity index (χ2n) is 1.07. The zero-order chi connectivity index (χ0) is 5.70. The van der Waals surface area contributed by atoms with E-state index < -0.39 is 0 Å². The topological polar surface area (TPSA) is 43.1 Å². The molecule has 0 heterocycles. The summed E-state index contributed by atoms with van der Waals surface area (Å²) >= 11 is 0. The van der Waals surface area contributed by atoms with E-state index in [1.54, 1.807) is 6.92 Å². The molecule has 0 aliphatic carbocycles. The lowest BCUT2D eigenvalue weighted by Crippen LogP contribution is -2.08. The van der Waals surface area contributed by atoms with Crippen LogP contribution in [0.5, 0.6) is 0 Å². The molecule has 0 aromatic heterocycles. The van der Waals surface area contributed by atoms with Crippen LogP contribution in [0, 0.1) is 11.8 Å². The first-order valence-corrected chi connectivity index (χ1v) is 1.95. The molecule has 2 heteroatoms. The van der Waals surface area contributed by atoms with Gasteiger partial charge in [-0.15, -0.1) is 5.92 Å². The summed E-state index contributed by atoms with van der Waals surface area (Å²) in [6.45, 7) is 1.67. The Hall–Kier alpha value is -0.970. The van der Waals surface area contributed by atoms with E-state index in [-0.39, 0.29) is 12.3 Å². The first-order valence-electron chi connectivity index (χ1n) is 1.95. The van der Waals surface area contributed by atoms with E-state index in [1.807, 2.05) is 0 Å². The number of amides is 1. The molecule has 0 aromatic carbocycles. The maximum Gasteiger partial charge on any atom is 0.229 e. The van der Waals surface area contributed by atoms with Gasteiger partial charge in [-0.3, -0.25) is 4.79 Å². The molecule has 0 bridgehead atoms. The number of primary amides is 1. The zero-order valence-electron chi connectivity index (χ0n) is 4.19. The minimum absolute atomic E-state index is 0.177. The summed E-state index contributed by atoms with van der Waals surface area (Å²) in [7, 11) is 0. The molecule has 0 aliphatic heterocycles. The Labute approximate surface area is 42.7 Å². The summed E-state index contributed by atoms with van der Waals surface area (Å²) in [4.78, 5) is 9.88. The van der Waals surface area contributed by atoms with Crippen molar-refractivity contribution in [2.75, 3.05) is 0 Å². The van der Waals surface area contributed by atoms with Crippen molar-refractivity contribution in [3.05, 3.63) is 0 Å². The van der Waals surface area contributed by atoms with Crippen molar-refractivity contribution in [2.24, 2.45) is 5.73 Å². The quantitative estimate of drug-likeness (QED) is 0.455. The summed E-state index contributed by atoms with van der Waals surface area (Å²) in [5.74, 6) is 4.70. The smallest absolute Gasteiger partial charge is 0.229 e. The van der Waals surface area contributed by atoms with Gasteiger partial charge in [0.05, 0.1) is 6.42 Å². The van der Waals surface area contributed by atoms with Crippen LogP contribution in [0.3, 0.4) is 0 Å². The number of hydrogen-bond acceptors (Lipinski definition) is 1. The SMILES string of the molecule is CC#CCC(N)=O. The predicted molar refractivity (Wildman–Crippen MR) is 27.3 cm³/mol. The van der Waals surface area contributed by atoms with Crippen LogP contribution in [0.25, 0.3) is 0 Å². The van der Waals surface area contributed by atoms with Gasteiger partial charge in [-0.2, -0.15) is 0 Å². The van der Waals surface area contributed by atoms with Crippen LogP contribution >= 0.6 is 0 Å². The Morgan fingerprint density at radius 3 is 2.57 bits per heavy atom. The minimum Gasteiger partial charge on any atom is -0.369 e. The molecule has 1 amide bonds. The van der Waals surface area contributed by atoms with Gasteiger partial charge < -0.3 is 5.73 Å². The van der Waals surface area contributed by atoms with Crippen molar-refractivity contribution in [1.82, 2.24) is 0 Å². The molecule has 38 valence electrons. The Morgan fingerprint density at radius 1 is 1.86 bits per heavy atom. The van der Waals surface area contributed by atoms with Crippen LogP contribution < -0.4 is 5.73 Å². The van der Waals surface area contributed by atoms with E-state index in [0.717, 1.165) is 0 Å². The monoisotopic (exact) mass is 97.1 g/mol. The number of carbonyl (C=O) groups is 1. The van der Waals surface area contributed by atoms with Crippen LogP contribution in [0.15, 0.2) is 0 Å². The van der Waals surface area contributed by atoms with Gasteiger partial charge in [0.15, 0.2) is 0 Å².